The van der Waals surface area contributed by atoms with Crippen molar-refractivity contribution in [1.82, 2.24) is 19.9 Å². The van der Waals surface area contributed by atoms with E-state index in [0.717, 1.165) is 36.8 Å². The third-order valence-corrected chi connectivity index (χ3v) is 5.53. The summed E-state index contributed by atoms with van der Waals surface area (Å²) in [6, 6.07) is 12.8. The average molecular weight is 377 g/mol. The first-order valence-electron chi connectivity index (χ1n) is 9.57. The van der Waals surface area contributed by atoms with E-state index in [4.69, 9.17) is 5.73 Å². The van der Waals surface area contributed by atoms with Gasteiger partial charge in [0.05, 0.1) is 5.52 Å². The summed E-state index contributed by atoms with van der Waals surface area (Å²) in [5.41, 5.74) is 8.87. The van der Waals surface area contributed by atoms with Crippen molar-refractivity contribution in [3.63, 3.8) is 0 Å². The highest BCUT2D eigenvalue weighted by molar-refractivity contribution is 5.95. The Balaban J connectivity index is 1.64. The molecule has 1 fully saturated rings. The third kappa shape index (κ3) is 3.35. The topological polar surface area (TPSA) is 94.1 Å². The number of amides is 2. The molecule has 4 rings (SSSR count). The Morgan fingerprint density at radius 2 is 1.82 bits per heavy atom. The van der Waals surface area contributed by atoms with Crippen molar-refractivity contribution in [1.29, 1.82) is 0 Å². The Bertz CT molecular complexity index is 1040. The molecule has 0 unspecified atom stereocenters. The molecule has 7 nitrogen and oxygen atoms in total. The van der Waals surface area contributed by atoms with Gasteiger partial charge in [-0.15, -0.1) is 5.10 Å². The van der Waals surface area contributed by atoms with Crippen molar-refractivity contribution in [2.75, 3.05) is 7.05 Å². The minimum Gasteiger partial charge on any atom is -0.366 e. The maximum atomic E-state index is 12.9. The lowest BCUT2D eigenvalue weighted by Crippen LogP contribution is -2.41. The van der Waals surface area contributed by atoms with E-state index in [0.29, 0.717) is 16.6 Å². The maximum absolute atomic E-state index is 12.9. The minimum atomic E-state index is -0.467. The molecule has 0 spiro atoms. The summed E-state index contributed by atoms with van der Waals surface area (Å²) in [7, 11) is 1.84. The number of aromatic nitrogens is 3. The maximum Gasteiger partial charge on any atom is 0.346 e. The van der Waals surface area contributed by atoms with Gasteiger partial charge >= 0.3 is 6.03 Å². The van der Waals surface area contributed by atoms with E-state index >= 15 is 0 Å². The van der Waals surface area contributed by atoms with E-state index < -0.39 is 5.91 Å². The summed E-state index contributed by atoms with van der Waals surface area (Å²) in [6.45, 7) is 0. The Morgan fingerprint density at radius 3 is 2.57 bits per heavy atom. The second-order valence-electron chi connectivity index (χ2n) is 7.34. The number of hydrogen-bond donors (Lipinski definition) is 1. The van der Waals surface area contributed by atoms with Crippen molar-refractivity contribution in [2.45, 2.75) is 38.1 Å². The van der Waals surface area contributed by atoms with E-state index in [1.54, 1.807) is 23.1 Å². The van der Waals surface area contributed by atoms with Gasteiger partial charge in [0.15, 0.2) is 0 Å². The van der Waals surface area contributed by atoms with Gasteiger partial charge in [0.2, 0.25) is 5.91 Å². The number of rotatable bonds is 3. The Kier molecular flexibility index (Phi) is 4.81. The average Bonchev–Trinajstić information content (AvgIpc) is 3.16. The SMILES string of the molecule is CN(C(=O)n1nnc2cc(-c3cccc(C(N)=O)c3)ccc21)C1CCCCC1. The lowest BCUT2D eigenvalue weighted by molar-refractivity contribution is 0.1000. The number of carbonyl (C=O) groups excluding carboxylic acids is 2. The molecule has 144 valence electrons. The number of benzene rings is 2. The van der Waals surface area contributed by atoms with Gasteiger partial charge in [-0.1, -0.05) is 42.7 Å². The van der Waals surface area contributed by atoms with Crippen LogP contribution in [0.1, 0.15) is 42.5 Å². The first-order chi connectivity index (χ1) is 13.5. The lowest BCUT2D eigenvalue weighted by atomic mass is 9.95. The highest BCUT2D eigenvalue weighted by Crippen LogP contribution is 2.26. The zero-order valence-electron chi connectivity index (χ0n) is 15.8. The number of hydrogen-bond acceptors (Lipinski definition) is 4. The van der Waals surface area contributed by atoms with Crippen molar-refractivity contribution >= 4 is 23.0 Å². The van der Waals surface area contributed by atoms with Crippen LogP contribution >= 0.6 is 0 Å². The fraction of sp³-hybridized carbons (Fsp3) is 0.333. The predicted molar refractivity (Wildman–Crippen MR) is 107 cm³/mol. The van der Waals surface area contributed by atoms with Gasteiger partial charge in [0.1, 0.15) is 5.52 Å². The van der Waals surface area contributed by atoms with E-state index in [1.165, 1.54) is 11.1 Å². The molecule has 1 aromatic heterocycles. The zero-order valence-corrected chi connectivity index (χ0v) is 15.8. The fourth-order valence-electron chi connectivity index (χ4n) is 3.87. The molecule has 3 aromatic rings. The van der Waals surface area contributed by atoms with Crippen LogP contribution in [0.5, 0.6) is 0 Å². The van der Waals surface area contributed by atoms with Crippen molar-refractivity contribution in [3.8, 4) is 11.1 Å². The number of nitrogens with zero attached hydrogens (tertiary/aromatic N) is 4. The number of carbonyl (C=O) groups is 2. The first kappa shape index (κ1) is 18.2. The van der Waals surface area contributed by atoms with Crippen LogP contribution in [0.15, 0.2) is 42.5 Å². The quantitative estimate of drug-likeness (QED) is 0.756. The smallest absolute Gasteiger partial charge is 0.346 e. The Hall–Kier alpha value is -3.22. The van der Waals surface area contributed by atoms with Gasteiger partial charge in [-0.25, -0.2) is 4.79 Å². The van der Waals surface area contributed by atoms with Crippen LogP contribution in [0.4, 0.5) is 4.79 Å². The Labute approximate surface area is 163 Å². The summed E-state index contributed by atoms with van der Waals surface area (Å²) >= 11 is 0. The van der Waals surface area contributed by atoms with Gasteiger partial charge in [0.25, 0.3) is 0 Å². The van der Waals surface area contributed by atoms with Crippen LogP contribution in [0.2, 0.25) is 0 Å². The van der Waals surface area contributed by atoms with E-state index in [1.807, 2.05) is 31.3 Å². The lowest BCUT2D eigenvalue weighted by Gasteiger charge is -2.30. The molecule has 1 aliphatic carbocycles. The number of nitrogens with two attached hydrogens (primary N) is 1. The molecule has 2 N–H and O–H groups in total. The minimum absolute atomic E-state index is 0.155. The summed E-state index contributed by atoms with van der Waals surface area (Å²) in [4.78, 5) is 26.1. The third-order valence-electron chi connectivity index (χ3n) is 5.53. The van der Waals surface area contributed by atoms with Gasteiger partial charge in [-0.3, -0.25) is 4.79 Å². The van der Waals surface area contributed by atoms with Crippen molar-refractivity contribution < 1.29 is 9.59 Å². The van der Waals surface area contributed by atoms with Crippen LogP contribution in [0.3, 0.4) is 0 Å². The van der Waals surface area contributed by atoms with E-state index in [-0.39, 0.29) is 12.1 Å². The molecule has 0 bridgehead atoms. The van der Waals surface area contributed by atoms with E-state index in [2.05, 4.69) is 10.3 Å². The molecular formula is C21H23N5O2. The molecule has 1 saturated carbocycles. The summed E-state index contributed by atoms with van der Waals surface area (Å²) in [6.07, 6.45) is 5.64. The largest absolute Gasteiger partial charge is 0.366 e. The summed E-state index contributed by atoms with van der Waals surface area (Å²) < 4.78 is 1.37. The normalized spacial score (nSPS) is 14.9. The molecule has 0 saturated heterocycles. The predicted octanol–water partition coefficient (Wildman–Crippen LogP) is 3.43. The Morgan fingerprint density at radius 1 is 1.07 bits per heavy atom. The first-order valence-corrected chi connectivity index (χ1v) is 9.57. The molecular weight excluding hydrogens is 354 g/mol. The number of primary amides is 1. The highest BCUT2D eigenvalue weighted by Gasteiger charge is 2.25. The van der Waals surface area contributed by atoms with Crippen molar-refractivity contribution in [3.05, 3.63) is 48.0 Å². The second kappa shape index (κ2) is 7.42. The number of fused-ring (bicyclic) bond motifs is 1. The molecule has 2 aromatic carbocycles. The van der Waals surface area contributed by atoms with Gasteiger partial charge < -0.3 is 10.6 Å². The molecule has 1 heterocycles. The van der Waals surface area contributed by atoms with Gasteiger partial charge in [-0.05, 0) is 48.2 Å². The fourth-order valence-corrected chi connectivity index (χ4v) is 3.87. The standard InChI is InChI=1S/C21H23N5O2/c1-25(17-8-3-2-4-9-17)21(28)26-19-11-10-15(13-18(19)23-24-26)14-6-5-7-16(12-14)20(22)27/h5-7,10-13,17H,2-4,8-9H2,1H3,(H2,22,27). The zero-order chi connectivity index (χ0) is 19.7. The molecule has 7 heteroatoms. The van der Waals surface area contributed by atoms with Crippen molar-refractivity contribution in [2.24, 2.45) is 5.73 Å². The van der Waals surface area contributed by atoms with Crippen LogP contribution in [-0.2, 0) is 0 Å². The van der Waals surface area contributed by atoms with Crippen LogP contribution < -0.4 is 5.73 Å². The second-order valence-corrected chi connectivity index (χ2v) is 7.34. The molecule has 0 atom stereocenters. The van der Waals surface area contributed by atoms with E-state index in [9.17, 15) is 9.59 Å². The van der Waals surface area contributed by atoms with Crippen LogP contribution in [0.25, 0.3) is 22.2 Å². The molecule has 28 heavy (non-hydrogen) atoms. The van der Waals surface area contributed by atoms with Gasteiger partial charge in [0, 0.05) is 18.7 Å². The van der Waals surface area contributed by atoms with Gasteiger partial charge in [-0.2, -0.15) is 4.68 Å². The van der Waals surface area contributed by atoms with Crippen LogP contribution in [0, 0.1) is 0 Å². The molecule has 0 aliphatic heterocycles. The monoisotopic (exact) mass is 377 g/mol. The summed E-state index contributed by atoms with van der Waals surface area (Å²) in [5, 5.41) is 8.28. The molecule has 1 aliphatic rings. The molecule has 0 radical (unpaired) electrons. The van der Waals surface area contributed by atoms with Crippen LogP contribution in [-0.4, -0.2) is 44.9 Å². The highest BCUT2D eigenvalue weighted by atomic mass is 16.2. The molecule has 2 amide bonds. The summed E-state index contributed by atoms with van der Waals surface area (Å²) in [5.74, 6) is -0.467.